The van der Waals surface area contributed by atoms with Crippen molar-refractivity contribution in [1.29, 1.82) is 0 Å². The smallest absolute Gasteiger partial charge is 0.376 e. The number of alkyl halides is 3. The number of hydrogen-bond donors (Lipinski definition) is 2. The highest BCUT2D eigenvalue weighted by Gasteiger charge is 2.51. The Kier molecular flexibility index (Phi) is 8.78. The first kappa shape index (κ1) is 29.2. The summed E-state index contributed by atoms with van der Waals surface area (Å²) in [6, 6.07) is 4.60. The molecule has 1 fully saturated rings. The molecule has 0 aliphatic carbocycles. The van der Waals surface area contributed by atoms with Crippen LogP contribution in [-0.2, 0) is 25.6 Å². The van der Waals surface area contributed by atoms with Crippen LogP contribution in [0.25, 0.3) is 0 Å². The van der Waals surface area contributed by atoms with E-state index in [0.717, 1.165) is 0 Å². The maximum absolute atomic E-state index is 13.2. The van der Waals surface area contributed by atoms with Gasteiger partial charge in [0.05, 0.1) is 11.8 Å². The largest absolute Gasteiger partial charge is 0.421 e. The molecule has 1 aromatic rings. The fourth-order valence-electron chi connectivity index (χ4n) is 4.16. The van der Waals surface area contributed by atoms with Crippen molar-refractivity contribution in [2.45, 2.75) is 49.6 Å². The Bertz CT molecular complexity index is 1150. The molecule has 0 amide bonds. The number of hydrogen-bond acceptors (Lipinski definition) is 7. The minimum Gasteiger partial charge on any atom is -0.376 e. The Hall–Kier alpha value is -1.32. The standard InChI is InChI=1S/C22H32F3N3O5S3/c1-16(2)15-35(30,31)26-13-19-14-27(36(32,33)20-5-4-12-34-20)10-11-28(19)18-8-6-17(7-9-18)21(3,29)22(23,24)25/h4,6-9,12,16,19-20,26,29H,5,10-11,13-15H2,1-3H3/t19-,20?,21+/m0/s1. The fraction of sp³-hybridized carbons (Fsp3) is 0.636. The van der Waals surface area contributed by atoms with Gasteiger partial charge >= 0.3 is 6.18 Å². The number of halogens is 3. The monoisotopic (exact) mass is 571 g/mol. The van der Waals surface area contributed by atoms with Gasteiger partial charge in [0.2, 0.25) is 20.0 Å². The van der Waals surface area contributed by atoms with Crippen LogP contribution < -0.4 is 9.62 Å². The van der Waals surface area contributed by atoms with Crippen LogP contribution in [0.4, 0.5) is 18.9 Å². The number of thioether (sulfide) groups is 1. The summed E-state index contributed by atoms with van der Waals surface area (Å²) in [6.07, 6.45) is -2.68. The van der Waals surface area contributed by atoms with Crippen molar-refractivity contribution in [2.75, 3.05) is 36.8 Å². The first-order valence-corrected chi connectivity index (χ1v) is 15.6. The Balaban J connectivity index is 1.85. The molecule has 3 rings (SSSR count). The Morgan fingerprint density at radius 2 is 1.78 bits per heavy atom. The number of sulfonamides is 2. The summed E-state index contributed by atoms with van der Waals surface area (Å²) in [5, 5.41) is 11.7. The van der Waals surface area contributed by atoms with Crippen molar-refractivity contribution in [3.8, 4) is 0 Å². The Morgan fingerprint density at radius 1 is 1.14 bits per heavy atom. The summed E-state index contributed by atoms with van der Waals surface area (Å²) in [4.78, 5) is 1.79. The zero-order valence-corrected chi connectivity index (χ0v) is 22.7. The van der Waals surface area contributed by atoms with E-state index in [1.807, 2.05) is 0 Å². The highest BCUT2D eigenvalue weighted by atomic mass is 32.3. The molecule has 1 unspecified atom stereocenters. The van der Waals surface area contributed by atoms with Gasteiger partial charge in [-0.05, 0) is 42.4 Å². The highest BCUT2D eigenvalue weighted by molar-refractivity contribution is 8.14. The molecule has 8 nitrogen and oxygen atoms in total. The summed E-state index contributed by atoms with van der Waals surface area (Å²) in [5.74, 6) is -0.199. The van der Waals surface area contributed by atoms with Crippen LogP contribution in [-0.4, -0.2) is 75.0 Å². The number of allylic oxidation sites excluding steroid dienone is 1. The minimum atomic E-state index is -4.86. The fourth-order valence-corrected chi connectivity index (χ4v) is 8.74. The average molecular weight is 572 g/mol. The predicted octanol–water partition coefficient (Wildman–Crippen LogP) is 2.83. The van der Waals surface area contributed by atoms with Gasteiger partial charge in [-0.2, -0.15) is 17.5 Å². The van der Waals surface area contributed by atoms with E-state index in [1.54, 1.807) is 30.2 Å². The second-order valence-corrected chi connectivity index (χ2v) is 14.9. The molecule has 1 saturated heterocycles. The van der Waals surface area contributed by atoms with Crippen molar-refractivity contribution in [3.63, 3.8) is 0 Å². The van der Waals surface area contributed by atoms with Gasteiger partial charge in [0.1, 0.15) is 4.58 Å². The lowest BCUT2D eigenvalue weighted by atomic mass is 9.95. The molecular weight excluding hydrogens is 539 g/mol. The van der Waals surface area contributed by atoms with E-state index in [0.29, 0.717) is 19.0 Å². The number of piperazine rings is 1. The Morgan fingerprint density at radius 3 is 2.31 bits per heavy atom. The molecule has 0 bridgehead atoms. The van der Waals surface area contributed by atoms with Crippen molar-refractivity contribution in [3.05, 3.63) is 41.3 Å². The van der Waals surface area contributed by atoms with E-state index in [1.165, 1.54) is 40.3 Å². The van der Waals surface area contributed by atoms with E-state index in [2.05, 4.69) is 4.72 Å². The maximum atomic E-state index is 13.2. The van der Waals surface area contributed by atoms with Gasteiger partial charge in [0.25, 0.3) is 0 Å². The third kappa shape index (κ3) is 6.57. The second kappa shape index (κ2) is 10.8. The van der Waals surface area contributed by atoms with Gasteiger partial charge in [-0.1, -0.05) is 32.1 Å². The molecule has 3 atom stereocenters. The summed E-state index contributed by atoms with van der Waals surface area (Å²) in [6.45, 7) is 4.53. The topological polar surface area (TPSA) is 107 Å². The van der Waals surface area contributed by atoms with E-state index >= 15 is 0 Å². The minimum absolute atomic E-state index is 0.0195. The van der Waals surface area contributed by atoms with Gasteiger partial charge in [-0.25, -0.2) is 21.6 Å². The van der Waals surface area contributed by atoms with E-state index in [-0.39, 0.29) is 43.4 Å². The van der Waals surface area contributed by atoms with Gasteiger partial charge in [-0.15, -0.1) is 11.8 Å². The SMILES string of the molecule is CC(C)CS(=O)(=O)NC[C@H]1CN(S(=O)(=O)C2CC=CS2)CCN1c1ccc([C@@](C)(O)C(F)(F)F)cc1. The van der Waals surface area contributed by atoms with Crippen LogP contribution >= 0.6 is 11.8 Å². The maximum Gasteiger partial charge on any atom is 0.421 e. The number of nitrogens with one attached hydrogen (secondary N) is 1. The predicted molar refractivity (Wildman–Crippen MR) is 135 cm³/mol. The highest BCUT2D eigenvalue weighted by Crippen LogP contribution is 2.39. The van der Waals surface area contributed by atoms with Gasteiger partial charge in [0, 0.05) is 31.9 Å². The van der Waals surface area contributed by atoms with Crippen LogP contribution in [0.3, 0.4) is 0 Å². The molecule has 0 aromatic heterocycles. The molecule has 2 heterocycles. The van der Waals surface area contributed by atoms with Crippen LogP contribution in [0.1, 0.15) is 32.8 Å². The zero-order chi connectivity index (χ0) is 26.9. The molecule has 36 heavy (non-hydrogen) atoms. The van der Waals surface area contributed by atoms with Crippen LogP contribution in [0.2, 0.25) is 0 Å². The van der Waals surface area contributed by atoms with Crippen LogP contribution in [0.15, 0.2) is 35.7 Å². The molecule has 0 radical (unpaired) electrons. The Labute approximate surface area is 215 Å². The normalized spacial score (nSPS) is 23.8. The van der Waals surface area contributed by atoms with Crippen LogP contribution in [0.5, 0.6) is 0 Å². The number of rotatable bonds is 9. The van der Waals surface area contributed by atoms with E-state index in [9.17, 15) is 35.1 Å². The van der Waals surface area contributed by atoms with Crippen molar-refractivity contribution >= 4 is 37.5 Å². The molecular formula is C22H32F3N3O5S3. The molecule has 0 saturated carbocycles. The summed E-state index contributed by atoms with van der Waals surface area (Å²) in [5.41, 5.74) is -2.87. The van der Waals surface area contributed by atoms with E-state index in [4.69, 9.17) is 0 Å². The average Bonchev–Trinajstić information content (AvgIpc) is 3.32. The lowest BCUT2D eigenvalue weighted by molar-refractivity contribution is -0.258. The molecule has 2 N–H and O–H groups in total. The number of aliphatic hydroxyl groups is 1. The summed E-state index contributed by atoms with van der Waals surface area (Å²) >= 11 is 1.22. The molecule has 1 aromatic carbocycles. The lowest BCUT2D eigenvalue weighted by Gasteiger charge is -2.43. The van der Waals surface area contributed by atoms with Gasteiger partial charge < -0.3 is 10.0 Å². The quantitative estimate of drug-likeness (QED) is 0.470. The molecule has 14 heteroatoms. The van der Waals surface area contributed by atoms with Crippen molar-refractivity contribution < 1.29 is 35.1 Å². The molecule has 0 spiro atoms. The summed E-state index contributed by atoms with van der Waals surface area (Å²) in [7, 11) is -7.26. The van der Waals surface area contributed by atoms with E-state index < -0.39 is 42.4 Å². The summed E-state index contributed by atoms with van der Waals surface area (Å²) < 4.78 is 94.2. The molecule has 2 aliphatic heterocycles. The second-order valence-electron chi connectivity index (χ2n) is 9.56. The molecule has 2 aliphatic rings. The van der Waals surface area contributed by atoms with Crippen LogP contribution in [0, 0.1) is 5.92 Å². The van der Waals surface area contributed by atoms with Crippen molar-refractivity contribution in [2.24, 2.45) is 5.92 Å². The van der Waals surface area contributed by atoms with Gasteiger partial charge in [-0.3, -0.25) is 0 Å². The van der Waals surface area contributed by atoms with Crippen molar-refractivity contribution in [1.82, 2.24) is 9.03 Å². The third-order valence-corrected chi connectivity index (χ3v) is 11.7. The lowest BCUT2D eigenvalue weighted by Crippen LogP contribution is -2.59. The number of anilines is 1. The van der Waals surface area contributed by atoms with Gasteiger partial charge in [0.15, 0.2) is 5.60 Å². The first-order chi connectivity index (χ1) is 16.5. The molecule has 204 valence electrons. The third-order valence-electron chi connectivity index (χ3n) is 6.20. The number of benzene rings is 1. The zero-order valence-electron chi connectivity index (χ0n) is 20.3. The first-order valence-electron chi connectivity index (χ1n) is 11.5. The number of nitrogens with zero attached hydrogens (tertiary/aromatic N) is 2.